The molecule has 0 spiro atoms. The van der Waals surface area contributed by atoms with E-state index in [0.717, 1.165) is 16.9 Å². The van der Waals surface area contributed by atoms with Gasteiger partial charge in [-0.1, -0.05) is 34.5 Å². The van der Waals surface area contributed by atoms with Crippen molar-refractivity contribution in [2.75, 3.05) is 6.61 Å². The standard InChI is InChI=1S/C23H15Cl2N3O3S/c1-2-30-15-6-3-13(4-7-15)21-26-23-28(27-21)22(29)20(32-23)12-16-8-10-19(31-16)17-9-5-14(24)11-18(17)25/h3-12H,2H2,1H3/b20-12-. The van der Waals surface area contributed by atoms with Crippen molar-refractivity contribution in [1.82, 2.24) is 14.6 Å². The lowest BCUT2D eigenvalue weighted by Gasteiger charge is -2.02. The van der Waals surface area contributed by atoms with Gasteiger partial charge in [0.1, 0.15) is 21.8 Å². The summed E-state index contributed by atoms with van der Waals surface area (Å²) in [6, 6.07) is 16.2. The molecule has 0 saturated heterocycles. The molecule has 0 aliphatic heterocycles. The summed E-state index contributed by atoms with van der Waals surface area (Å²) in [5, 5.41) is 5.41. The molecule has 0 unspecified atom stereocenters. The lowest BCUT2D eigenvalue weighted by molar-refractivity contribution is 0.340. The van der Waals surface area contributed by atoms with Gasteiger partial charge in [-0.2, -0.15) is 9.50 Å². The summed E-state index contributed by atoms with van der Waals surface area (Å²) in [4.78, 5) is 17.8. The number of aromatic nitrogens is 3. The highest BCUT2D eigenvalue weighted by molar-refractivity contribution is 7.15. The van der Waals surface area contributed by atoms with Crippen molar-refractivity contribution in [1.29, 1.82) is 0 Å². The van der Waals surface area contributed by atoms with E-state index in [1.807, 2.05) is 31.2 Å². The molecule has 0 N–H and O–H groups in total. The highest BCUT2D eigenvalue weighted by atomic mass is 35.5. The lowest BCUT2D eigenvalue weighted by atomic mass is 10.2. The molecule has 160 valence electrons. The van der Waals surface area contributed by atoms with Gasteiger partial charge in [0.05, 0.1) is 11.6 Å². The molecule has 3 aromatic heterocycles. The summed E-state index contributed by atoms with van der Waals surface area (Å²) in [6.45, 7) is 2.53. The summed E-state index contributed by atoms with van der Waals surface area (Å²) in [6.07, 6.45) is 1.67. The van der Waals surface area contributed by atoms with Gasteiger partial charge in [-0.3, -0.25) is 4.79 Å². The van der Waals surface area contributed by atoms with Gasteiger partial charge in [-0.05, 0) is 61.5 Å². The molecule has 5 rings (SSSR count). The Balaban J connectivity index is 1.46. The number of halogens is 2. The molecule has 0 fully saturated rings. The predicted molar refractivity (Wildman–Crippen MR) is 127 cm³/mol. The van der Waals surface area contributed by atoms with Crippen molar-refractivity contribution in [2.24, 2.45) is 0 Å². The van der Waals surface area contributed by atoms with Crippen LogP contribution >= 0.6 is 34.5 Å². The maximum atomic E-state index is 12.8. The van der Waals surface area contributed by atoms with Crippen LogP contribution in [0.4, 0.5) is 0 Å². The van der Waals surface area contributed by atoms with Crippen LogP contribution in [-0.4, -0.2) is 21.2 Å². The van der Waals surface area contributed by atoms with Crippen LogP contribution in [0.15, 0.2) is 63.8 Å². The predicted octanol–water partition coefficient (Wildman–Crippen LogP) is 5.33. The molecular formula is C23H15Cl2N3O3S. The smallest absolute Gasteiger partial charge is 0.291 e. The van der Waals surface area contributed by atoms with E-state index in [2.05, 4.69) is 10.1 Å². The largest absolute Gasteiger partial charge is 0.494 e. The van der Waals surface area contributed by atoms with Gasteiger partial charge < -0.3 is 9.15 Å². The van der Waals surface area contributed by atoms with Crippen LogP contribution in [0.25, 0.3) is 33.7 Å². The van der Waals surface area contributed by atoms with Crippen molar-refractivity contribution in [3.05, 3.63) is 85.3 Å². The van der Waals surface area contributed by atoms with Crippen LogP contribution in [0.3, 0.4) is 0 Å². The van der Waals surface area contributed by atoms with Crippen molar-refractivity contribution in [3.8, 4) is 28.5 Å². The van der Waals surface area contributed by atoms with Crippen molar-refractivity contribution >= 4 is 45.6 Å². The minimum Gasteiger partial charge on any atom is -0.494 e. The number of rotatable bonds is 5. The summed E-state index contributed by atoms with van der Waals surface area (Å²) in [5.74, 6) is 2.37. The minimum atomic E-state index is -0.253. The zero-order valence-electron chi connectivity index (χ0n) is 16.7. The van der Waals surface area contributed by atoms with Crippen molar-refractivity contribution < 1.29 is 9.15 Å². The number of thiazole rings is 1. The lowest BCUT2D eigenvalue weighted by Crippen LogP contribution is -2.23. The summed E-state index contributed by atoms with van der Waals surface area (Å²) >= 11 is 13.5. The number of fused-ring (bicyclic) bond motifs is 1. The number of nitrogens with zero attached hydrogens (tertiary/aromatic N) is 3. The topological polar surface area (TPSA) is 69.6 Å². The number of hydrogen-bond acceptors (Lipinski definition) is 6. The molecule has 0 saturated carbocycles. The molecule has 3 heterocycles. The molecule has 2 aromatic carbocycles. The first-order valence-corrected chi connectivity index (χ1v) is 11.3. The van der Waals surface area contributed by atoms with Crippen LogP contribution in [0.5, 0.6) is 5.75 Å². The molecular weight excluding hydrogens is 469 g/mol. The van der Waals surface area contributed by atoms with E-state index < -0.39 is 0 Å². The quantitative estimate of drug-likeness (QED) is 0.337. The zero-order chi connectivity index (χ0) is 22.2. The van der Waals surface area contributed by atoms with Crippen molar-refractivity contribution in [3.63, 3.8) is 0 Å². The Bertz CT molecular complexity index is 1540. The summed E-state index contributed by atoms with van der Waals surface area (Å²) in [7, 11) is 0. The van der Waals surface area contributed by atoms with Crippen LogP contribution in [0, 0.1) is 0 Å². The fraction of sp³-hybridized carbons (Fsp3) is 0.0870. The first-order chi connectivity index (χ1) is 15.5. The zero-order valence-corrected chi connectivity index (χ0v) is 19.0. The Morgan fingerprint density at radius 3 is 2.66 bits per heavy atom. The number of ether oxygens (including phenoxy) is 1. The summed E-state index contributed by atoms with van der Waals surface area (Å²) in [5.41, 5.74) is 1.28. The first kappa shape index (κ1) is 20.8. The van der Waals surface area contributed by atoms with E-state index in [9.17, 15) is 4.79 Å². The maximum absolute atomic E-state index is 12.8. The van der Waals surface area contributed by atoms with Crippen LogP contribution in [0.1, 0.15) is 12.7 Å². The van der Waals surface area contributed by atoms with E-state index in [0.29, 0.717) is 43.5 Å². The van der Waals surface area contributed by atoms with Crippen LogP contribution in [-0.2, 0) is 0 Å². The fourth-order valence-corrected chi connectivity index (χ4v) is 4.61. The highest BCUT2D eigenvalue weighted by Gasteiger charge is 2.13. The summed E-state index contributed by atoms with van der Waals surface area (Å²) < 4.78 is 13.1. The Morgan fingerprint density at radius 2 is 1.94 bits per heavy atom. The monoisotopic (exact) mass is 483 g/mol. The van der Waals surface area contributed by atoms with Gasteiger partial charge in [-0.25, -0.2) is 0 Å². The second-order valence-electron chi connectivity index (χ2n) is 6.83. The Hall–Kier alpha value is -3.13. The molecule has 0 radical (unpaired) electrons. The minimum absolute atomic E-state index is 0.253. The third-order valence-corrected chi connectivity index (χ3v) is 6.21. The van der Waals surface area contributed by atoms with Gasteiger partial charge in [-0.15, -0.1) is 5.10 Å². The average molecular weight is 484 g/mol. The maximum Gasteiger partial charge on any atom is 0.291 e. The highest BCUT2D eigenvalue weighted by Crippen LogP contribution is 2.31. The van der Waals surface area contributed by atoms with Crippen LogP contribution < -0.4 is 14.8 Å². The second kappa shape index (κ2) is 8.43. The van der Waals surface area contributed by atoms with Crippen molar-refractivity contribution in [2.45, 2.75) is 6.92 Å². The first-order valence-electron chi connectivity index (χ1n) is 9.71. The molecule has 0 aliphatic rings. The molecule has 6 nitrogen and oxygen atoms in total. The number of benzene rings is 2. The Morgan fingerprint density at radius 1 is 1.12 bits per heavy atom. The molecule has 0 amide bonds. The number of hydrogen-bond donors (Lipinski definition) is 0. The van der Waals surface area contributed by atoms with E-state index in [1.165, 1.54) is 15.9 Å². The molecule has 0 atom stereocenters. The fourth-order valence-electron chi connectivity index (χ4n) is 3.22. The van der Waals surface area contributed by atoms with Gasteiger partial charge in [0.2, 0.25) is 4.96 Å². The third kappa shape index (κ3) is 3.90. The Labute approximate surface area is 196 Å². The van der Waals surface area contributed by atoms with E-state index >= 15 is 0 Å². The molecule has 9 heteroatoms. The van der Waals surface area contributed by atoms with E-state index in [4.69, 9.17) is 32.4 Å². The molecule has 0 aliphatic carbocycles. The Kier molecular flexibility index (Phi) is 5.46. The van der Waals surface area contributed by atoms with Gasteiger partial charge >= 0.3 is 0 Å². The third-order valence-electron chi connectivity index (χ3n) is 4.70. The SMILES string of the molecule is CCOc1ccc(-c2nc3s/c(=C\c4ccc(-c5ccc(Cl)cc5Cl)o4)c(=O)n3n2)cc1. The van der Waals surface area contributed by atoms with E-state index in [1.54, 1.807) is 36.4 Å². The number of furan rings is 1. The van der Waals surface area contributed by atoms with Gasteiger partial charge in [0.15, 0.2) is 5.82 Å². The van der Waals surface area contributed by atoms with Crippen LogP contribution in [0.2, 0.25) is 10.0 Å². The average Bonchev–Trinajstić information content (AvgIpc) is 3.47. The van der Waals surface area contributed by atoms with Gasteiger partial charge in [0.25, 0.3) is 5.56 Å². The normalized spacial score (nSPS) is 12.0. The van der Waals surface area contributed by atoms with Gasteiger partial charge in [0, 0.05) is 22.2 Å². The molecule has 0 bridgehead atoms. The van der Waals surface area contributed by atoms with E-state index in [-0.39, 0.29) is 5.56 Å². The molecule has 5 aromatic rings. The molecule has 32 heavy (non-hydrogen) atoms. The second-order valence-corrected chi connectivity index (χ2v) is 8.68.